The first-order valence-corrected chi connectivity index (χ1v) is 6.69. The van der Waals surface area contributed by atoms with Gasteiger partial charge in [0.05, 0.1) is 11.9 Å². The Morgan fingerprint density at radius 2 is 1.95 bits per heavy atom. The minimum absolute atomic E-state index is 0. The predicted octanol–water partition coefficient (Wildman–Crippen LogP) is 1.34. The lowest BCUT2D eigenvalue weighted by Crippen LogP contribution is -2.31. The summed E-state index contributed by atoms with van der Waals surface area (Å²) in [5, 5.41) is 13.8. The van der Waals surface area contributed by atoms with Gasteiger partial charge in [-0.25, -0.2) is 4.68 Å². The summed E-state index contributed by atoms with van der Waals surface area (Å²) in [5.74, 6) is -0.207. The minimum atomic E-state index is -0.207. The van der Waals surface area contributed by atoms with Crippen LogP contribution in [0.2, 0.25) is 0 Å². The van der Waals surface area contributed by atoms with Crippen LogP contribution in [0.3, 0.4) is 0 Å². The molecule has 6 nitrogen and oxygen atoms in total. The highest BCUT2D eigenvalue weighted by Crippen LogP contribution is 2.08. The molecule has 0 saturated carbocycles. The highest BCUT2D eigenvalue weighted by Gasteiger charge is 2.10. The van der Waals surface area contributed by atoms with Crippen molar-refractivity contribution in [1.82, 2.24) is 25.6 Å². The zero-order chi connectivity index (χ0) is 14.4. The van der Waals surface area contributed by atoms with Gasteiger partial charge in [0.1, 0.15) is 0 Å². The summed E-state index contributed by atoms with van der Waals surface area (Å²) < 4.78 is 1.60. The molecule has 0 radical (unpaired) electrons. The molecule has 0 saturated heterocycles. The number of amides is 1. The lowest BCUT2D eigenvalue weighted by atomic mass is 10.2. The number of aromatic nitrogens is 3. The van der Waals surface area contributed by atoms with Crippen LogP contribution in [-0.4, -0.2) is 40.5 Å². The van der Waals surface area contributed by atoms with E-state index in [9.17, 15) is 4.79 Å². The third-order valence-corrected chi connectivity index (χ3v) is 2.86. The Labute approximate surface area is 130 Å². The molecule has 0 bridgehead atoms. The zero-order valence-corrected chi connectivity index (χ0v) is 13.0. The summed E-state index contributed by atoms with van der Waals surface area (Å²) in [6.07, 6.45) is 1.63. The molecule has 114 valence electrons. The van der Waals surface area contributed by atoms with Gasteiger partial charge in [0.25, 0.3) is 5.91 Å². The fourth-order valence-electron chi connectivity index (χ4n) is 1.72. The van der Waals surface area contributed by atoms with E-state index in [0.717, 1.165) is 18.8 Å². The first-order chi connectivity index (χ1) is 9.70. The predicted molar refractivity (Wildman–Crippen MR) is 84.2 cm³/mol. The molecule has 0 aliphatic carbocycles. The number of hydrogen-bond donors (Lipinski definition) is 2. The van der Waals surface area contributed by atoms with E-state index < -0.39 is 0 Å². The Morgan fingerprint density at radius 3 is 2.62 bits per heavy atom. The number of likely N-dealkylation sites (N-methyl/N-ethyl adjacent to an activating group) is 1. The molecular weight excluding hydrogens is 290 g/mol. The Hall–Kier alpha value is -1.92. The highest BCUT2D eigenvalue weighted by molar-refractivity contribution is 5.91. The average Bonchev–Trinajstić information content (AvgIpc) is 2.94. The maximum atomic E-state index is 11.9. The lowest BCUT2D eigenvalue weighted by Gasteiger charge is -2.02. The molecule has 21 heavy (non-hydrogen) atoms. The lowest BCUT2D eigenvalue weighted by molar-refractivity contribution is 0.0949. The molecule has 0 fully saturated rings. The monoisotopic (exact) mass is 309 g/mol. The van der Waals surface area contributed by atoms with Crippen molar-refractivity contribution in [2.75, 3.05) is 19.6 Å². The van der Waals surface area contributed by atoms with Gasteiger partial charge in [0, 0.05) is 13.1 Å². The van der Waals surface area contributed by atoms with Gasteiger partial charge >= 0.3 is 0 Å². The molecule has 7 heteroatoms. The number of aryl methyl sites for hydroxylation is 1. The molecule has 0 atom stereocenters. The molecule has 0 aliphatic heterocycles. The van der Waals surface area contributed by atoms with Gasteiger partial charge < -0.3 is 10.6 Å². The molecule has 0 spiro atoms. The van der Waals surface area contributed by atoms with Crippen molar-refractivity contribution < 1.29 is 4.79 Å². The zero-order valence-electron chi connectivity index (χ0n) is 12.2. The van der Waals surface area contributed by atoms with E-state index >= 15 is 0 Å². The van der Waals surface area contributed by atoms with E-state index in [0.29, 0.717) is 12.2 Å². The maximum absolute atomic E-state index is 11.9. The molecule has 2 N–H and O–H groups in total. The number of halogens is 1. The van der Waals surface area contributed by atoms with E-state index in [1.165, 1.54) is 5.56 Å². The summed E-state index contributed by atoms with van der Waals surface area (Å²) in [4.78, 5) is 11.9. The maximum Gasteiger partial charge on any atom is 0.273 e. The van der Waals surface area contributed by atoms with Gasteiger partial charge in [-0.15, -0.1) is 17.5 Å². The second-order valence-electron chi connectivity index (χ2n) is 4.49. The van der Waals surface area contributed by atoms with E-state index in [2.05, 4.69) is 20.9 Å². The van der Waals surface area contributed by atoms with Crippen molar-refractivity contribution in [3.05, 3.63) is 41.7 Å². The van der Waals surface area contributed by atoms with Crippen LogP contribution >= 0.6 is 12.4 Å². The van der Waals surface area contributed by atoms with Crippen LogP contribution in [0.25, 0.3) is 5.69 Å². The third kappa shape index (κ3) is 4.84. The van der Waals surface area contributed by atoms with Crippen LogP contribution in [0.4, 0.5) is 0 Å². The van der Waals surface area contributed by atoms with E-state index in [-0.39, 0.29) is 18.3 Å². The molecule has 0 unspecified atom stereocenters. The van der Waals surface area contributed by atoms with Crippen LogP contribution in [-0.2, 0) is 0 Å². The molecule has 2 rings (SSSR count). The van der Waals surface area contributed by atoms with Crippen LogP contribution in [0.5, 0.6) is 0 Å². The molecule has 0 aliphatic rings. The number of carbonyl (C=O) groups excluding carboxylic acids is 1. The molecular formula is C14H20ClN5O. The number of carbonyl (C=O) groups is 1. The SMILES string of the molecule is CCNCCNC(=O)c1cn(-c2ccc(C)cc2)nn1.Cl. The van der Waals surface area contributed by atoms with Gasteiger partial charge in [-0.05, 0) is 25.6 Å². The van der Waals surface area contributed by atoms with Crippen LogP contribution < -0.4 is 10.6 Å². The summed E-state index contributed by atoms with van der Waals surface area (Å²) in [7, 11) is 0. The first-order valence-electron chi connectivity index (χ1n) is 6.69. The Balaban J connectivity index is 0.00000220. The number of rotatable bonds is 6. The van der Waals surface area contributed by atoms with Crippen molar-refractivity contribution in [3.8, 4) is 5.69 Å². The number of nitrogens with one attached hydrogen (secondary N) is 2. The van der Waals surface area contributed by atoms with Crippen molar-refractivity contribution >= 4 is 18.3 Å². The van der Waals surface area contributed by atoms with Crippen LogP contribution in [0, 0.1) is 6.92 Å². The minimum Gasteiger partial charge on any atom is -0.349 e. The van der Waals surface area contributed by atoms with Crippen LogP contribution in [0.1, 0.15) is 23.0 Å². The Kier molecular flexibility index (Phi) is 6.84. The standard InChI is InChI=1S/C14H19N5O.ClH/c1-3-15-8-9-16-14(20)13-10-19(18-17-13)12-6-4-11(2)5-7-12;/h4-7,10,15H,3,8-9H2,1-2H3,(H,16,20);1H. The summed E-state index contributed by atoms with van der Waals surface area (Å²) >= 11 is 0. The highest BCUT2D eigenvalue weighted by atomic mass is 35.5. The van der Waals surface area contributed by atoms with Crippen molar-refractivity contribution in [1.29, 1.82) is 0 Å². The molecule has 1 amide bonds. The fourth-order valence-corrected chi connectivity index (χ4v) is 1.72. The summed E-state index contributed by atoms with van der Waals surface area (Å²) in [5.41, 5.74) is 2.38. The molecule has 1 aromatic heterocycles. The number of nitrogens with zero attached hydrogens (tertiary/aromatic N) is 3. The Morgan fingerprint density at radius 1 is 1.24 bits per heavy atom. The van der Waals surface area contributed by atoms with Crippen molar-refractivity contribution in [3.63, 3.8) is 0 Å². The fraction of sp³-hybridized carbons (Fsp3) is 0.357. The van der Waals surface area contributed by atoms with E-state index in [1.54, 1.807) is 10.9 Å². The van der Waals surface area contributed by atoms with Gasteiger partial charge in [0.15, 0.2) is 5.69 Å². The first kappa shape index (κ1) is 17.1. The van der Waals surface area contributed by atoms with Crippen LogP contribution in [0.15, 0.2) is 30.5 Å². The van der Waals surface area contributed by atoms with Crippen molar-refractivity contribution in [2.24, 2.45) is 0 Å². The van der Waals surface area contributed by atoms with Gasteiger partial charge in [-0.3, -0.25) is 4.79 Å². The average molecular weight is 310 g/mol. The van der Waals surface area contributed by atoms with Gasteiger partial charge in [0.2, 0.25) is 0 Å². The smallest absolute Gasteiger partial charge is 0.273 e. The number of hydrogen-bond acceptors (Lipinski definition) is 4. The van der Waals surface area contributed by atoms with E-state index in [1.807, 2.05) is 38.1 Å². The van der Waals surface area contributed by atoms with Gasteiger partial charge in [-0.1, -0.05) is 29.8 Å². The summed E-state index contributed by atoms with van der Waals surface area (Å²) in [6, 6.07) is 7.87. The molecule has 1 aromatic carbocycles. The van der Waals surface area contributed by atoms with Gasteiger partial charge in [-0.2, -0.15) is 0 Å². The van der Waals surface area contributed by atoms with E-state index in [4.69, 9.17) is 0 Å². The quantitative estimate of drug-likeness (QED) is 0.790. The second kappa shape index (κ2) is 8.39. The molecule has 1 heterocycles. The summed E-state index contributed by atoms with van der Waals surface area (Å²) in [6.45, 7) is 6.25. The largest absolute Gasteiger partial charge is 0.349 e. The normalized spacial score (nSPS) is 10.0. The third-order valence-electron chi connectivity index (χ3n) is 2.86. The number of benzene rings is 1. The topological polar surface area (TPSA) is 71.8 Å². The second-order valence-corrected chi connectivity index (χ2v) is 4.49. The van der Waals surface area contributed by atoms with Crippen molar-refractivity contribution in [2.45, 2.75) is 13.8 Å². The Bertz CT molecular complexity index is 567. The molecule has 2 aromatic rings.